The van der Waals surface area contributed by atoms with Gasteiger partial charge < -0.3 is 5.73 Å². The van der Waals surface area contributed by atoms with E-state index in [0.29, 0.717) is 6.04 Å². The molecule has 0 aromatic carbocycles. The molecule has 17 heavy (non-hydrogen) atoms. The van der Waals surface area contributed by atoms with E-state index in [1.807, 2.05) is 0 Å². The van der Waals surface area contributed by atoms with Gasteiger partial charge in [0, 0.05) is 18.1 Å². The highest BCUT2D eigenvalue weighted by atomic mass is 32.2. The Morgan fingerprint density at radius 1 is 1.00 bits per heavy atom. The Labute approximate surface area is 103 Å². The van der Waals surface area contributed by atoms with Gasteiger partial charge in [0.1, 0.15) is 0 Å². The summed E-state index contributed by atoms with van der Waals surface area (Å²) < 4.78 is 23.4. The Balaban J connectivity index is 1.79. The molecule has 0 amide bonds. The van der Waals surface area contributed by atoms with Crippen LogP contribution in [0.3, 0.4) is 0 Å². The summed E-state index contributed by atoms with van der Waals surface area (Å²) in [7, 11) is -2.89. The fourth-order valence-corrected chi connectivity index (χ4v) is 6.01. The maximum Gasteiger partial charge on any atom is 0.153 e. The van der Waals surface area contributed by atoms with E-state index >= 15 is 0 Å². The summed E-state index contributed by atoms with van der Waals surface area (Å²) in [4.78, 5) is 2.44. The van der Waals surface area contributed by atoms with Crippen LogP contribution in [-0.4, -0.2) is 49.5 Å². The topological polar surface area (TPSA) is 63.4 Å². The standard InChI is InChI=1S/C12H22N2O2S/c13-10-7-17(15,16)8-12(10)14-6-2-4-9-3-1-5-11(9)14/h9-12H,1-8,13H2. The van der Waals surface area contributed by atoms with Crippen LogP contribution in [0.15, 0.2) is 0 Å². The summed E-state index contributed by atoms with van der Waals surface area (Å²) in [5, 5.41) is 0. The molecule has 0 bridgehead atoms. The molecule has 2 aliphatic heterocycles. The lowest BCUT2D eigenvalue weighted by atomic mass is 9.90. The quantitative estimate of drug-likeness (QED) is 0.738. The van der Waals surface area contributed by atoms with Crippen LogP contribution in [-0.2, 0) is 9.84 Å². The van der Waals surface area contributed by atoms with Crippen molar-refractivity contribution in [3.63, 3.8) is 0 Å². The number of nitrogens with two attached hydrogens (primary N) is 1. The average Bonchev–Trinajstić information content (AvgIpc) is 2.81. The van der Waals surface area contributed by atoms with Gasteiger partial charge in [0.05, 0.1) is 11.5 Å². The molecule has 4 atom stereocenters. The van der Waals surface area contributed by atoms with Crippen LogP contribution in [0.2, 0.25) is 0 Å². The monoisotopic (exact) mass is 258 g/mol. The number of hydrogen-bond donors (Lipinski definition) is 1. The van der Waals surface area contributed by atoms with Crippen LogP contribution in [0, 0.1) is 5.92 Å². The van der Waals surface area contributed by atoms with Crippen molar-refractivity contribution in [1.29, 1.82) is 0 Å². The smallest absolute Gasteiger partial charge is 0.153 e. The molecule has 0 spiro atoms. The van der Waals surface area contributed by atoms with E-state index in [-0.39, 0.29) is 23.6 Å². The molecule has 1 saturated carbocycles. The summed E-state index contributed by atoms with van der Waals surface area (Å²) in [6.45, 7) is 1.05. The molecule has 3 fully saturated rings. The Bertz CT molecular complexity index is 395. The first kappa shape index (κ1) is 11.9. The number of likely N-dealkylation sites (tertiary alicyclic amines) is 1. The lowest BCUT2D eigenvalue weighted by Crippen LogP contribution is -2.54. The molecule has 2 saturated heterocycles. The molecule has 1 aliphatic carbocycles. The Kier molecular flexibility index (Phi) is 2.96. The molecule has 4 unspecified atom stereocenters. The number of hydrogen-bond acceptors (Lipinski definition) is 4. The maximum absolute atomic E-state index is 11.7. The highest BCUT2D eigenvalue weighted by molar-refractivity contribution is 7.91. The lowest BCUT2D eigenvalue weighted by Gasteiger charge is -2.42. The van der Waals surface area contributed by atoms with Crippen LogP contribution in [0.5, 0.6) is 0 Å². The van der Waals surface area contributed by atoms with Crippen molar-refractivity contribution in [2.24, 2.45) is 11.7 Å². The SMILES string of the molecule is NC1CS(=O)(=O)CC1N1CCCC2CCCC21. The van der Waals surface area contributed by atoms with E-state index in [9.17, 15) is 8.42 Å². The molecule has 3 rings (SSSR count). The summed E-state index contributed by atoms with van der Waals surface area (Å²) in [6, 6.07) is 0.540. The zero-order chi connectivity index (χ0) is 12.0. The largest absolute Gasteiger partial charge is 0.325 e. The molecule has 98 valence electrons. The van der Waals surface area contributed by atoms with Crippen molar-refractivity contribution >= 4 is 9.84 Å². The second-order valence-corrected chi connectivity index (χ2v) is 8.10. The number of nitrogens with zero attached hydrogens (tertiary/aromatic N) is 1. The second-order valence-electron chi connectivity index (χ2n) is 5.95. The molecular weight excluding hydrogens is 236 g/mol. The summed E-state index contributed by atoms with van der Waals surface area (Å²) in [5.74, 6) is 1.28. The van der Waals surface area contributed by atoms with Crippen molar-refractivity contribution in [3.8, 4) is 0 Å². The van der Waals surface area contributed by atoms with Crippen molar-refractivity contribution in [2.45, 2.75) is 50.2 Å². The van der Waals surface area contributed by atoms with E-state index in [4.69, 9.17) is 5.73 Å². The minimum atomic E-state index is -2.89. The molecule has 5 heteroatoms. The van der Waals surface area contributed by atoms with E-state index in [2.05, 4.69) is 4.90 Å². The van der Waals surface area contributed by atoms with Gasteiger partial charge in [-0.05, 0) is 38.1 Å². The summed E-state index contributed by atoms with van der Waals surface area (Å²) in [5.41, 5.74) is 6.05. The third-order valence-corrected chi connectivity index (χ3v) is 6.57. The Morgan fingerprint density at radius 3 is 2.47 bits per heavy atom. The molecule has 3 aliphatic rings. The molecule has 2 N–H and O–H groups in total. The van der Waals surface area contributed by atoms with Gasteiger partial charge in [-0.25, -0.2) is 8.42 Å². The zero-order valence-electron chi connectivity index (χ0n) is 10.2. The maximum atomic E-state index is 11.7. The first-order chi connectivity index (χ1) is 8.07. The third-order valence-electron chi connectivity index (χ3n) is 4.83. The highest BCUT2D eigenvalue weighted by Crippen LogP contribution is 2.39. The predicted octanol–water partition coefficient (Wildman–Crippen LogP) is 0.375. The van der Waals surface area contributed by atoms with Crippen molar-refractivity contribution < 1.29 is 8.42 Å². The van der Waals surface area contributed by atoms with Gasteiger partial charge >= 0.3 is 0 Å². The van der Waals surface area contributed by atoms with Crippen molar-refractivity contribution in [3.05, 3.63) is 0 Å². The first-order valence-corrected chi connectivity index (χ1v) is 8.61. The fraction of sp³-hybridized carbons (Fsp3) is 1.00. The third kappa shape index (κ3) is 2.13. The second kappa shape index (κ2) is 4.21. The minimum absolute atomic E-state index is 0.0888. The highest BCUT2D eigenvalue weighted by Gasteiger charge is 2.45. The van der Waals surface area contributed by atoms with Crippen LogP contribution in [0.25, 0.3) is 0 Å². The van der Waals surface area contributed by atoms with Gasteiger partial charge in [0.25, 0.3) is 0 Å². The number of sulfone groups is 1. The Hall–Kier alpha value is -0.130. The van der Waals surface area contributed by atoms with Crippen LogP contribution >= 0.6 is 0 Å². The summed E-state index contributed by atoms with van der Waals surface area (Å²) >= 11 is 0. The minimum Gasteiger partial charge on any atom is -0.325 e. The fourth-order valence-electron chi connectivity index (χ4n) is 4.10. The first-order valence-electron chi connectivity index (χ1n) is 6.78. The van der Waals surface area contributed by atoms with E-state index in [0.717, 1.165) is 12.5 Å². The molecule has 0 radical (unpaired) electrons. The number of fused-ring (bicyclic) bond motifs is 1. The van der Waals surface area contributed by atoms with Gasteiger partial charge in [0.2, 0.25) is 0 Å². The van der Waals surface area contributed by atoms with Crippen LogP contribution in [0.1, 0.15) is 32.1 Å². The zero-order valence-corrected chi connectivity index (χ0v) is 11.0. The van der Waals surface area contributed by atoms with E-state index in [1.54, 1.807) is 0 Å². The van der Waals surface area contributed by atoms with Crippen molar-refractivity contribution in [1.82, 2.24) is 4.90 Å². The van der Waals surface area contributed by atoms with Gasteiger partial charge in [-0.15, -0.1) is 0 Å². The average molecular weight is 258 g/mol. The molecule has 0 aromatic rings. The summed E-state index contributed by atoms with van der Waals surface area (Å²) in [6.07, 6.45) is 6.42. The van der Waals surface area contributed by atoms with Crippen LogP contribution < -0.4 is 5.73 Å². The van der Waals surface area contributed by atoms with E-state index < -0.39 is 9.84 Å². The Morgan fingerprint density at radius 2 is 1.76 bits per heavy atom. The van der Waals surface area contributed by atoms with Crippen molar-refractivity contribution in [2.75, 3.05) is 18.1 Å². The van der Waals surface area contributed by atoms with E-state index in [1.165, 1.54) is 32.1 Å². The van der Waals surface area contributed by atoms with Gasteiger partial charge in [-0.3, -0.25) is 4.90 Å². The predicted molar refractivity (Wildman–Crippen MR) is 67.5 cm³/mol. The normalized spacial score (nSPS) is 45.9. The van der Waals surface area contributed by atoms with Gasteiger partial charge in [0.15, 0.2) is 9.84 Å². The molecular formula is C12H22N2O2S. The van der Waals surface area contributed by atoms with Gasteiger partial charge in [-0.1, -0.05) is 6.42 Å². The lowest BCUT2D eigenvalue weighted by molar-refractivity contribution is 0.0710. The number of rotatable bonds is 1. The molecule has 4 nitrogen and oxygen atoms in total. The molecule has 2 heterocycles. The van der Waals surface area contributed by atoms with Crippen LogP contribution in [0.4, 0.5) is 0 Å². The van der Waals surface area contributed by atoms with Gasteiger partial charge in [-0.2, -0.15) is 0 Å². The number of piperidine rings is 1. The molecule has 0 aromatic heterocycles.